The van der Waals surface area contributed by atoms with Crippen molar-refractivity contribution in [3.8, 4) is 11.5 Å². The van der Waals surface area contributed by atoms with Crippen LogP contribution in [-0.4, -0.2) is 48.9 Å². The predicted octanol–water partition coefficient (Wildman–Crippen LogP) is 2.24. The summed E-state index contributed by atoms with van der Waals surface area (Å²) >= 11 is 0. The molecule has 138 valence electrons. The van der Waals surface area contributed by atoms with Crippen molar-refractivity contribution >= 4 is 17.7 Å². The lowest BCUT2D eigenvalue weighted by molar-refractivity contribution is 0.0600. The molecule has 1 aromatic heterocycles. The summed E-state index contributed by atoms with van der Waals surface area (Å²) in [7, 11) is 2.83. The number of nitrogens with one attached hydrogen (secondary N) is 1. The van der Waals surface area contributed by atoms with Crippen molar-refractivity contribution in [3.63, 3.8) is 0 Å². The average molecular weight is 360 g/mol. The molecule has 2 rings (SSSR count). The fourth-order valence-electron chi connectivity index (χ4n) is 1.97. The summed E-state index contributed by atoms with van der Waals surface area (Å²) in [5, 5.41) is 12.4. The van der Waals surface area contributed by atoms with Gasteiger partial charge < -0.3 is 24.6 Å². The van der Waals surface area contributed by atoms with Crippen LogP contribution in [0, 0.1) is 0 Å². The number of pyridine rings is 1. The van der Waals surface area contributed by atoms with Gasteiger partial charge in [0.25, 0.3) is 5.91 Å². The third kappa shape index (κ3) is 5.18. The molecular formula is C18H20N2O6. The van der Waals surface area contributed by atoms with Crippen molar-refractivity contribution in [2.24, 2.45) is 0 Å². The second-order valence-corrected chi connectivity index (χ2v) is 5.45. The fraction of sp³-hybridized carbons (Fsp3) is 0.278. The van der Waals surface area contributed by atoms with Gasteiger partial charge in [-0.25, -0.2) is 9.78 Å². The summed E-state index contributed by atoms with van der Waals surface area (Å²) in [6.07, 6.45) is 1.16. The van der Waals surface area contributed by atoms with E-state index in [0.717, 1.165) is 0 Å². The number of aromatic nitrogens is 1. The molecule has 1 amide bonds. The van der Waals surface area contributed by atoms with Crippen LogP contribution in [0.25, 0.3) is 0 Å². The first kappa shape index (κ1) is 19.2. The van der Waals surface area contributed by atoms with Crippen LogP contribution in [0.3, 0.4) is 0 Å². The van der Waals surface area contributed by atoms with E-state index in [-0.39, 0.29) is 35.4 Å². The Morgan fingerprint density at radius 1 is 1.19 bits per heavy atom. The van der Waals surface area contributed by atoms with Crippen LogP contribution in [0.5, 0.6) is 11.5 Å². The molecule has 0 aliphatic rings. The Morgan fingerprint density at radius 2 is 1.96 bits per heavy atom. The number of rotatable bonds is 7. The number of esters is 1. The molecule has 1 heterocycles. The molecule has 0 aliphatic carbocycles. The van der Waals surface area contributed by atoms with E-state index in [1.807, 2.05) is 6.92 Å². The third-order valence-corrected chi connectivity index (χ3v) is 3.47. The lowest BCUT2D eigenvalue weighted by Crippen LogP contribution is -2.17. The molecule has 0 saturated carbocycles. The van der Waals surface area contributed by atoms with E-state index < -0.39 is 11.9 Å². The predicted molar refractivity (Wildman–Crippen MR) is 93.6 cm³/mol. The van der Waals surface area contributed by atoms with Gasteiger partial charge in [0.1, 0.15) is 23.9 Å². The largest absolute Gasteiger partial charge is 0.508 e. The summed E-state index contributed by atoms with van der Waals surface area (Å²) in [5.41, 5.74) is 0.467. The minimum Gasteiger partial charge on any atom is -0.508 e. The maximum Gasteiger partial charge on any atom is 0.339 e. The lowest BCUT2D eigenvalue weighted by Gasteiger charge is -2.13. The molecule has 0 fully saturated rings. The normalized spacial score (nSPS) is 11.5. The zero-order valence-electron chi connectivity index (χ0n) is 14.7. The van der Waals surface area contributed by atoms with E-state index in [9.17, 15) is 14.7 Å². The summed E-state index contributed by atoms with van der Waals surface area (Å²) in [6.45, 7) is 2.11. The second kappa shape index (κ2) is 8.82. The smallest absolute Gasteiger partial charge is 0.339 e. The van der Waals surface area contributed by atoms with Crippen molar-refractivity contribution in [2.75, 3.05) is 26.1 Å². The van der Waals surface area contributed by atoms with Crippen LogP contribution >= 0.6 is 0 Å². The number of amides is 1. The first-order chi connectivity index (χ1) is 12.4. The van der Waals surface area contributed by atoms with Crippen LogP contribution < -0.4 is 10.1 Å². The number of carbonyl (C=O) groups excluding carboxylic acids is 2. The molecule has 0 spiro atoms. The average Bonchev–Trinajstić information content (AvgIpc) is 2.65. The van der Waals surface area contributed by atoms with E-state index in [2.05, 4.69) is 15.0 Å². The van der Waals surface area contributed by atoms with Crippen LogP contribution in [0.2, 0.25) is 0 Å². The van der Waals surface area contributed by atoms with E-state index in [0.29, 0.717) is 5.75 Å². The Hall–Kier alpha value is -3.13. The number of benzene rings is 1. The molecule has 1 aromatic carbocycles. The maximum absolute atomic E-state index is 12.4. The lowest BCUT2D eigenvalue weighted by atomic mass is 10.2. The first-order valence-electron chi connectivity index (χ1n) is 7.78. The number of anilines is 1. The Balaban J connectivity index is 2.09. The number of phenols is 1. The molecule has 0 saturated heterocycles. The van der Waals surface area contributed by atoms with Crippen molar-refractivity contribution < 1.29 is 28.9 Å². The van der Waals surface area contributed by atoms with Gasteiger partial charge in [-0.1, -0.05) is 0 Å². The zero-order chi connectivity index (χ0) is 19.1. The van der Waals surface area contributed by atoms with Crippen LogP contribution in [0.15, 0.2) is 36.5 Å². The molecule has 2 aromatic rings. The molecule has 26 heavy (non-hydrogen) atoms. The number of phenolic OH excluding ortho intramolecular Hbond substituents is 1. The topological polar surface area (TPSA) is 107 Å². The molecule has 8 heteroatoms. The van der Waals surface area contributed by atoms with Gasteiger partial charge in [-0.05, 0) is 31.2 Å². The summed E-state index contributed by atoms with van der Waals surface area (Å²) in [5.74, 6) is -0.513. The molecule has 0 aliphatic heterocycles. The number of ether oxygens (including phenoxy) is 3. The van der Waals surface area contributed by atoms with Crippen molar-refractivity contribution in [1.82, 2.24) is 4.98 Å². The van der Waals surface area contributed by atoms with Gasteiger partial charge in [0.15, 0.2) is 0 Å². The van der Waals surface area contributed by atoms with Gasteiger partial charge in [0, 0.05) is 24.9 Å². The number of hydrogen-bond acceptors (Lipinski definition) is 7. The van der Waals surface area contributed by atoms with Crippen molar-refractivity contribution in [2.45, 2.75) is 13.0 Å². The molecule has 1 unspecified atom stereocenters. The third-order valence-electron chi connectivity index (χ3n) is 3.47. The van der Waals surface area contributed by atoms with Crippen LogP contribution in [-0.2, 0) is 9.47 Å². The number of hydrogen-bond donors (Lipinski definition) is 2. The Bertz CT molecular complexity index is 776. The van der Waals surface area contributed by atoms with Gasteiger partial charge >= 0.3 is 5.97 Å². The fourth-order valence-corrected chi connectivity index (χ4v) is 1.97. The number of carbonyl (C=O) groups is 2. The summed E-state index contributed by atoms with van der Waals surface area (Å²) in [4.78, 5) is 27.7. The van der Waals surface area contributed by atoms with E-state index in [4.69, 9.17) is 9.47 Å². The first-order valence-corrected chi connectivity index (χ1v) is 7.78. The Labute approximate surface area is 150 Å². The minimum atomic E-state index is -0.518. The highest BCUT2D eigenvalue weighted by Gasteiger charge is 2.12. The van der Waals surface area contributed by atoms with Gasteiger partial charge in [-0.3, -0.25) is 4.79 Å². The molecule has 2 N–H and O–H groups in total. The minimum absolute atomic E-state index is 0.105. The van der Waals surface area contributed by atoms with Crippen LogP contribution in [0.1, 0.15) is 27.6 Å². The molecule has 0 bridgehead atoms. The SMILES string of the molecule is COC(=O)c1ccc(NC(=O)c2cc(O)cc(OCC(C)OC)c2)nc1. The highest BCUT2D eigenvalue weighted by molar-refractivity contribution is 6.04. The Kier molecular flexibility index (Phi) is 6.51. The molecule has 1 atom stereocenters. The zero-order valence-corrected chi connectivity index (χ0v) is 14.7. The van der Waals surface area contributed by atoms with Gasteiger partial charge in [0.05, 0.1) is 18.8 Å². The van der Waals surface area contributed by atoms with Gasteiger partial charge in [0.2, 0.25) is 0 Å². The van der Waals surface area contributed by atoms with Crippen molar-refractivity contribution in [1.29, 1.82) is 0 Å². The quantitative estimate of drug-likeness (QED) is 0.729. The highest BCUT2D eigenvalue weighted by atomic mass is 16.5. The summed E-state index contributed by atoms with van der Waals surface area (Å²) in [6, 6.07) is 7.18. The van der Waals surface area contributed by atoms with E-state index >= 15 is 0 Å². The highest BCUT2D eigenvalue weighted by Crippen LogP contribution is 2.23. The molecule has 8 nitrogen and oxygen atoms in total. The van der Waals surface area contributed by atoms with Crippen molar-refractivity contribution in [3.05, 3.63) is 47.7 Å². The monoisotopic (exact) mass is 360 g/mol. The van der Waals surface area contributed by atoms with Gasteiger partial charge in [-0.15, -0.1) is 0 Å². The maximum atomic E-state index is 12.4. The van der Waals surface area contributed by atoms with E-state index in [1.54, 1.807) is 7.11 Å². The molecule has 0 radical (unpaired) electrons. The Morgan fingerprint density at radius 3 is 2.58 bits per heavy atom. The standard InChI is InChI=1S/C18H20N2O6/c1-11(24-2)10-26-15-7-13(6-14(21)8-15)17(22)20-16-5-4-12(9-19-16)18(23)25-3/h4-9,11,21H,10H2,1-3H3,(H,19,20,22). The summed E-state index contributed by atoms with van der Waals surface area (Å²) < 4.78 is 15.2. The second-order valence-electron chi connectivity index (χ2n) is 5.45. The van der Waals surface area contributed by atoms with E-state index in [1.165, 1.54) is 43.6 Å². The number of aromatic hydroxyl groups is 1. The van der Waals surface area contributed by atoms with Gasteiger partial charge in [-0.2, -0.15) is 0 Å². The van der Waals surface area contributed by atoms with Crippen LogP contribution in [0.4, 0.5) is 5.82 Å². The number of nitrogens with zero attached hydrogens (tertiary/aromatic N) is 1. The number of methoxy groups -OCH3 is 2. The molecular weight excluding hydrogens is 340 g/mol.